The first-order valence-electron chi connectivity index (χ1n) is 8.10. The van der Waals surface area contributed by atoms with E-state index < -0.39 is 0 Å². The van der Waals surface area contributed by atoms with Crippen molar-refractivity contribution in [1.82, 2.24) is 9.78 Å². The summed E-state index contributed by atoms with van der Waals surface area (Å²) in [6.07, 6.45) is 3.69. The van der Waals surface area contributed by atoms with Crippen molar-refractivity contribution in [1.29, 1.82) is 0 Å². The van der Waals surface area contributed by atoms with Gasteiger partial charge in [-0.15, -0.1) is 0 Å². The lowest BCUT2D eigenvalue weighted by atomic mass is 10.2. The van der Waals surface area contributed by atoms with Gasteiger partial charge in [0.1, 0.15) is 5.75 Å². The van der Waals surface area contributed by atoms with Crippen molar-refractivity contribution in [3.8, 4) is 5.75 Å². The molecule has 0 saturated heterocycles. The molecule has 128 valence electrons. The van der Waals surface area contributed by atoms with Crippen LogP contribution in [0, 0.1) is 0 Å². The fourth-order valence-corrected chi connectivity index (χ4v) is 2.62. The molecule has 5 nitrogen and oxygen atoms in total. The number of thiocarbonyl (C=S) groups is 1. The summed E-state index contributed by atoms with van der Waals surface area (Å²) in [4.78, 5) is 0. The smallest absolute Gasteiger partial charge is 0.175 e. The minimum absolute atomic E-state index is 0.517. The number of rotatable bonds is 6. The van der Waals surface area contributed by atoms with Crippen LogP contribution in [-0.2, 0) is 6.54 Å². The number of nitrogens with zero attached hydrogens (tertiary/aromatic N) is 2. The van der Waals surface area contributed by atoms with E-state index in [0.717, 1.165) is 23.7 Å². The minimum Gasteiger partial charge on any atom is -0.494 e. The SMILES string of the molecule is CCOc1ccc(NC(=S)Nc2cnn(Cc3ccccc3)c2)cc1. The molecular weight excluding hydrogens is 332 g/mol. The Kier molecular flexibility index (Phi) is 5.64. The molecule has 0 unspecified atom stereocenters. The normalized spacial score (nSPS) is 10.3. The summed E-state index contributed by atoms with van der Waals surface area (Å²) in [5.74, 6) is 0.842. The van der Waals surface area contributed by atoms with E-state index in [1.54, 1.807) is 6.20 Å². The Hall–Kier alpha value is -2.86. The van der Waals surface area contributed by atoms with Crippen LogP contribution in [0.5, 0.6) is 5.75 Å². The zero-order chi connectivity index (χ0) is 17.5. The Labute approximate surface area is 152 Å². The van der Waals surface area contributed by atoms with Crippen molar-refractivity contribution in [2.45, 2.75) is 13.5 Å². The van der Waals surface area contributed by atoms with E-state index in [1.165, 1.54) is 5.56 Å². The molecule has 3 aromatic rings. The highest BCUT2D eigenvalue weighted by Gasteiger charge is 2.03. The van der Waals surface area contributed by atoms with Crippen LogP contribution < -0.4 is 15.4 Å². The molecule has 0 fully saturated rings. The molecule has 0 amide bonds. The van der Waals surface area contributed by atoms with Crippen LogP contribution in [0.2, 0.25) is 0 Å². The van der Waals surface area contributed by atoms with Gasteiger partial charge in [0.15, 0.2) is 5.11 Å². The first-order chi connectivity index (χ1) is 12.2. The number of aromatic nitrogens is 2. The fourth-order valence-electron chi connectivity index (χ4n) is 2.38. The second-order valence-electron chi connectivity index (χ2n) is 5.45. The number of nitrogens with one attached hydrogen (secondary N) is 2. The van der Waals surface area contributed by atoms with Gasteiger partial charge in [0, 0.05) is 11.9 Å². The molecule has 6 heteroatoms. The Balaban J connectivity index is 1.54. The molecule has 0 aliphatic heterocycles. The van der Waals surface area contributed by atoms with Crippen molar-refractivity contribution >= 4 is 28.7 Å². The summed E-state index contributed by atoms with van der Waals surface area (Å²) in [5, 5.41) is 11.2. The van der Waals surface area contributed by atoms with Crippen LogP contribution in [0.25, 0.3) is 0 Å². The summed E-state index contributed by atoms with van der Waals surface area (Å²) < 4.78 is 7.30. The van der Waals surface area contributed by atoms with E-state index in [2.05, 4.69) is 27.9 Å². The third-order valence-electron chi connectivity index (χ3n) is 3.50. The van der Waals surface area contributed by atoms with Crippen molar-refractivity contribution in [2.75, 3.05) is 17.2 Å². The molecule has 25 heavy (non-hydrogen) atoms. The van der Waals surface area contributed by atoms with Gasteiger partial charge in [-0.1, -0.05) is 30.3 Å². The van der Waals surface area contributed by atoms with Gasteiger partial charge in [-0.25, -0.2) is 0 Å². The molecule has 2 aromatic carbocycles. The molecule has 0 saturated carbocycles. The van der Waals surface area contributed by atoms with Crippen molar-refractivity contribution in [3.05, 3.63) is 72.6 Å². The average molecular weight is 352 g/mol. The monoisotopic (exact) mass is 352 g/mol. The van der Waals surface area contributed by atoms with E-state index >= 15 is 0 Å². The molecule has 1 aromatic heterocycles. The van der Waals surface area contributed by atoms with Crippen molar-refractivity contribution in [2.24, 2.45) is 0 Å². The lowest BCUT2D eigenvalue weighted by molar-refractivity contribution is 0.340. The van der Waals surface area contributed by atoms with Gasteiger partial charge in [0.2, 0.25) is 0 Å². The van der Waals surface area contributed by atoms with Crippen LogP contribution >= 0.6 is 12.2 Å². The third kappa shape index (κ3) is 5.06. The quantitative estimate of drug-likeness (QED) is 0.653. The molecule has 0 spiro atoms. The lowest BCUT2D eigenvalue weighted by Crippen LogP contribution is -2.18. The van der Waals surface area contributed by atoms with Crippen molar-refractivity contribution in [3.63, 3.8) is 0 Å². The summed E-state index contributed by atoms with van der Waals surface area (Å²) in [6, 6.07) is 17.9. The van der Waals surface area contributed by atoms with E-state index in [9.17, 15) is 0 Å². The topological polar surface area (TPSA) is 51.1 Å². The van der Waals surface area contributed by atoms with Gasteiger partial charge in [-0.3, -0.25) is 4.68 Å². The second kappa shape index (κ2) is 8.30. The van der Waals surface area contributed by atoms with E-state index in [4.69, 9.17) is 17.0 Å². The standard InChI is InChI=1S/C19H20N4OS/c1-2-24-18-10-8-16(9-11-18)21-19(25)22-17-12-20-23(14-17)13-15-6-4-3-5-7-15/h3-12,14H,2,13H2,1H3,(H2,21,22,25). The number of hydrogen-bond acceptors (Lipinski definition) is 3. The number of anilines is 2. The molecule has 0 aliphatic carbocycles. The third-order valence-corrected chi connectivity index (χ3v) is 3.71. The van der Waals surface area contributed by atoms with Crippen LogP contribution in [0.3, 0.4) is 0 Å². The summed E-state index contributed by atoms with van der Waals surface area (Å²) in [6.45, 7) is 3.34. The predicted octanol–water partition coefficient (Wildman–Crippen LogP) is 4.14. The zero-order valence-electron chi connectivity index (χ0n) is 14.0. The fraction of sp³-hybridized carbons (Fsp3) is 0.158. The first-order valence-corrected chi connectivity index (χ1v) is 8.51. The van der Waals surface area contributed by atoms with Crippen LogP contribution in [-0.4, -0.2) is 21.5 Å². The molecule has 3 rings (SSSR count). The molecule has 0 aliphatic rings. The van der Waals surface area contributed by atoms with Crippen LogP contribution in [0.1, 0.15) is 12.5 Å². The Morgan fingerprint density at radius 2 is 1.76 bits per heavy atom. The highest BCUT2D eigenvalue weighted by atomic mass is 32.1. The molecule has 1 heterocycles. The van der Waals surface area contributed by atoms with Gasteiger partial charge in [0.25, 0.3) is 0 Å². The van der Waals surface area contributed by atoms with Gasteiger partial charge >= 0.3 is 0 Å². The molecule has 0 radical (unpaired) electrons. The maximum absolute atomic E-state index is 5.43. The Bertz CT molecular complexity index is 815. The van der Waals surface area contributed by atoms with Crippen LogP contribution in [0.4, 0.5) is 11.4 Å². The minimum atomic E-state index is 0.517. The van der Waals surface area contributed by atoms with Gasteiger partial charge in [-0.2, -0.15) is 5.10 Å². The summed E-state index contributed by atoms with van der Waals surface area (Å²) in [5.41, 5.74) is 2.95. The Morgan fingerprint density at radius 3 is 2.48 bits per heavy atom. The predicted molar refractivity (Wildman–Crippen MR) is 105 cm³/mol. The van der Waals surface area contributed by atoms with E-state index in [-0.39, 0.29) is 0 Å². The van der Waals surface area contributed by atoms with Gasteiger partial charge < -0.3 is 15.4 Å². The number of hydrogen-bond donors (Lipinski definition) is 2. The molecular formula is C19H20N4OS. The van der Waals surface area contributed by atoms with E-state index in [1.807, 2.05) is 60.3 Å². The largest absolute Gasteiger partial charge is 0.494 e. The molecule has 0 bridgehead atoms. The summed E-state index contributed by atoms with van der Waals surface area (Å²) in [7, 11) is 0. The maximum atomic E-state index is 5.43. The highest BCUT2D eigenvalue weighted by molar-refractivity contribution is 7.80. The number of ether oxygens (including phenoxy) is 1. The Morgan fingerprint density at radius 1 is 1.04 bits per heavy atom. The average Bonchev–Trinajstić information content (AvgIpc) is 3.04. The van der Waals surface area contributed by atoms with E-state index in [0.29, 0.717) is 11.7 Å². The summed E-state index contributed by atoms with van der Waals surface area (Å²) >= 11 is 5.35. The number of benzene rings is 2. The second-order valence-corrected chi connectivity index (χ2v) is 5.86. The molecule has 2 N–H and O–H groups in total. The first kappa shape index (κ1) is 17.0. The zero-order valence-corrected chi connectivity index (χ0v) is 14.8. The highest BCUT2D eigenvalue weighted by Crippen LogP contribution is 2.16. The van der Waals surface area contributed by atoms with Crippen LogP contribution in [0.15, 0.2) is 67.0 Å². The van der Waals surface area contributed by atoms with Crippen molar-refractivity contribution < 1.29 is 4.74 Å². The lowest BCUT2D eigenvalue weighted by Gasteiger charge is -2.10. The van der Waals surface area contributed by atoms with Gasteiger partial charge in [-0.05, 0) is 49.0 Å². The van der Waals surface area contributed by atoms with Gasteiger partial charge in [0.05, 0.1) is 25.0 Å². The molecule has 0 atom stereocenters. The maximum Gasteiger partial charge on any atom is 0.175 e.